The molecule has 2 aromatic carbocycles. The molecule has 0 amide bonds. The number of ether oxygens (including phenoxy) is 3. The summed E-state index contributed by atoms with van der Waals surface area (Å²) < 4.78 is 15.7. The molecule has 8 nitrogen and oxygen atoms in total. The molecule has 0 unspecified atom stereocenters. The quantitative estimate of drug-likeness (QED) is 0.202. The van der Waals surface area contributed by atoms with Gasteiger partial charge in [0.25, 0.3) is 0 Å². The van der Waals surface area contributed by atoms with Gasteiger partial charge in [0.05, 0.1) is 21.3 Å². The van der Waals surface area contributed by atoms with E-state index in [2.05, 4.69) is 30.9 Å². The number of hydrogen-bond donors (Lipinski definition) is 1. The number of hydrogen-bond acceptors (Lipinski definition) is 8. The highest BCUT2D eigenvalue weighted by atomic mass is 79.9. The number of azo groups is 1. The second kappa shape index (κ2) is 10.4. The number of aliphatic hydroxyl groups is 1. The van der Waals surface area contributed by atoms with Crippen LogP contribution in [0, 0.1) is 0 Å². The van der Waals surface area contributed by atoms with Crippen molar-refractivity contribution in [3.63, 3.8) is 0 Å². The molecule has 0 atom stereocenters. The molecule has 1 N–H and O–H groups in total. The zero-order chi connectivity index (χ0) is 21.4. The van der Waals surface area contributed by atoms with Crippen LogP contribution in [0.5, 0.6) is 11.5 Å². The molecule has 0 saturated heterocycles. The molecule has 152 valence electrons. The van der Waals surface area contributed by atoms with Gasteiger partial charge in [0.15, 0.2) is 17.2 Å². The summed E-state index contributed by atoms with van der Waals surface area (Å²) in [5, 5.41) is 18.5. The number of carbonyl (C=O) groups excluding carboxylic acids is 2. The van der Waals surface area contributed by atoms with Crippen molar-refractivity contribution in [2.24, 2.45) is 10.2 Å². The first-order valence-electron chi connectivity index (χ1n) is 8.32. The third-order valence-electron chi connectivity index (χ3n) is 3.78. The molecule has 0 radical (unpaired) electrons. The van der Waals surface area contributed by atoms with E-state index in [1.54, 1.807) is 42.5 Å². The van der Waals surface area contributed by atoms with E-state index in [1.807, 2.05) is 0 Å². The number of Topliss-reactive ketones (excluding diaryl/α,β-unsaturated/α-hetero) is 1. The Morgan fingerprint density at radius 1 is 1.03 bits per heavy atom. The molecular formula is C20H19BrN2O6. The van der Waals surface area contributed by atoms with Crippen molar-refractivity contribution >= 4 is 39.1 Å². The lowest BCUT2D eigenvalue weighted by Crippen LogP contribution is -2.12. The molecule has 0 aliphatic rings. The second-order valence-electron chi connectivity index (χ2n) is 5.62. The lowest BCUT2D eigenvalue weighted by Gasteiger charge is -2.08. The third kappa shape index (κ3) is 5.89. The maximum atomic E-state index is 12.5. The topological polar surface area (TPSA) is 107 Å². The summed E-state index contributed by atoms with van der Waals surface area (Å²) in [4.78, 5) is 24.1. The van der Waals surface area contributed by atoms with Crippen molar-refractivity contribution in [1.29, 1.82) is 0 Å². The number of rotatable bonds is 8. The maximum Gasteiger partial charge on any atom is 0.313 e. The fourth-order valence-corrected chi connectivity index (χ4v) is 2.50. The summed E-state index contributed by atoms with van der Waals surface area (Å²) >= 11 is 3.30. The standard InChI is InChI=1S/C20H19BrN2O6/c1-27-14-8-9-15(17(10-14)28-2)22-23-19(16(24)11-18(25)29-3)20(26)12-4-6-13(21)7-5-12/h4-10,26H,11H2,1-3H3. The van der Waals surface area contributed by atoms with Crippen molar-refractivity contribution < 1.29 is 28.9 Å². The number of ketones is 1. The molecule has 0 aromatic heterocycles. The molecule has 2 aromatic rings. The predicted molar refractivity (Wildman–Crippen MR) is 109 cm³/mol. The van der Waals surface area contributed by atoms with Crippen LogP contribution in [0.1, 0.15) is 12.0 Å². The Morgan fingerprint density at radius 2 is 1.72 bits per heavy atom. The van der Waals surface area contributed by atoms with E-state index in [4.69, 9.17) is 9.47 Å². The molecule has 0 spiro atoms. The highest BCUT2D eigenvalue weighted by Gasteiger charge is 2.20. The van der Waals surface area contributed by atoms with Crippen LogP contribution in [0.15, 0.2) is 62.9 Å². The van der Waals surface area contributed by atoms with Crippen molar-refractivity contribution in [2.75, 3.05) is 21.3 Å². The van der Waals surface area contributed by atoms with Crippen LogP contribution in [0.25, 0.3) is 5.76 Å². The van der Waals surface area contributed by atoms with Gasteiger partial charge in [0.1, 0.15) is 23.6 Å². The summed E-state index contributed by atoms with van der Waals surface area (Å²) in [6.07, 6.45) is -0.592. The van der Waals surface area contributed by atoms with Crippen LogP contribution in [0.3, 0.4) is 0 Å². The lowest BCUT2D eigenvalue weighted by atomic mass is 10.1. The Bertz CT molecular complexity index is 954. The third-order valence-corrected chi connectivity index (χ3v) is 4.31. The van der Waals surface area contributed by atoms with Crippen molar-refractivity contribution in [3.8, 4) is 11.5 Å². The minimum atomic E-state index is -0.756. The summed E-state index contributed by atoms with van der Waals surface area (Å²) in [7, 11) is 4.13. The van der Waals surface area contributed by atoms with Gasteiger partial charge in [-0.1, -0.05) is 28.1 Å². The fraction of sp³-hybridized carbons (Fsp3) is 0.200. The Hall–Kier alpha value is -3.20. The summed E-state index contributed by atoms with van der Waals surface area (Å²) in [5.41, 5.74) is 0.262. The smallest absolute Gasteiger partial charge is 0.313 e. The summed E-state index contributed by atoms with van der Waals surface area (Å²) in [6.45, 7) is 0. The van der Waals surface area contributed by atoms with E-state index in [0.717, 1.165) is 11.6 Å². The van der Waals surface area contributed by atoms with Crippen LogP contribution >= 0.6 is 15.9 Å². The number of nitrogens with zero attached hydrogens (tertiary/aromatic N) is 2. The molecule has 0 aliphatic heterocycles. The number of esters is 1. The molecule has 0 fully saturated rings. The number of methoxy groups -OCH3 is 3. The van der Waals surface area contributed by atoms with Gasteiger partial charge in [-0.05, 0) is 24.3 Å². The van der Waals surface area contributed by atoms with Gasteiger partial charge < -0.3 is 19.3 Å². The normalized spacial score (nSPS) is 11.7. The molecule has 0 bridgehead atoms. The van der Waals surface area contributed by atoms with Gasteiger partial charge in [-0.2, -0.15) is 0 Å². The molecule has 0 saturated carbocycles. The van der Waals surface area contributed by atoms with Crippen LogP contribution in [0.4, 0.5) is 5.69 Å². The first kappa shape index (κ1) is 22.1. The Balaban J connectivity index is 2.49. The summed E-state index contributed by atoms with van der Waals surface area (Å²) in [6, 6.07) is 11.4. The Labute approximate surface area is 175 Å². The minimum absolute atomic E-state index is 0.306. The van der Waals surface area contributed by atoms with Crippen LogP contribution in [-0.2, 0) is 14.3 Å². The number of carbonyl (C=O) groups is 2. The number of halogens is 1. The van der Waals surface area contributed by atoms with E-state index >= 15 is 0 Å². The SMILES string of the molecule is COC(=O)CC(=O)C(N=Nc1ccc(OC)cc1OC)=C(O)c1ccc(Br)cc1. The summed E-state index contributed by atoms with van der Waals surface area (Å²) in [5.74, 6) is -1.00. The van der Waals surface area contributed by atoms with Gasteiger partial charge in [-0.15, -0.1) is 10.2 Å². The first-order chi connectivity index (χ1) is 13.9. The van der Waals surface area contributed by atoms with Crippen molar-refractivity contribution in [1.82, 2.24) is 0 Å². The van der Waals surface area contributed by atoms with Crippen LogP contribution in [-0.4, -0.2) is 38.2 Å². The maximum absolute atomic E-state index is 12.5. The minimum Gasteiger partial charge on any atom is -0.505 e. The second-order valence-corrected chi connectivity index (χ2v) is 6.53. The molecule has 2 rings (SSSR count). The van der Waals surface area contributed by atoms with Gasteiger partial charge in [-0.3, -0.25) is 9.59 Å². The number of benzene rings is 2. The average Bonchev–Trinajstić information content (AvgIpc) is 2.74. The van der Waals surface area contributed by atoms with Crippen molar-refractivity contribution in [3.05, 3.63) is 58.2 Å². The molecule has 0 aliphatic carbocycles. The van der Waals surface area contributed by atoms with E-state index in [-0.39, 0.29) is 5.70 Å². The van der Waals surface area contributed by atoms with E-state index < -0.39 is 23.9 Å². The molecule has 0 heterocycles. The fourth-order valence-electron chi connectivity index (χ4n) is 2.24. The zero-order valence-corrected chi connectivity index (χ0v) is 17.6. The molecule has 29 heavy (non-hydrogen) atoms. The van der Waals surface area contributed by atoms with Gasteiger partial charge >= 0.3 is 5.97 Å². The monoisotopic (exact) mass is 462 g/mol. The predicted octanol–water partition coefficient (Wildman–Crippen LogP) is 4.61. The Morgan fingerprint density at radius 3 is 2.31 bits per heavy atom. The largest absolute Gasteiger partial charge is 0.505 e. The average molecular weight is 463 g/mol. The van der Waals surface area contributed by atoms with Gasteiger partial charge in [-0.25, -0.2) is 0 Å². The number of allylic oxidation sites excluding steroid dienone is 1. The van der Waals surface area contributed by atoms with Gasteiger partial charge in [0, 0.05) is 16.1 Å². The lowest BCUT2D eigenvalue weighted by molar-refractivity contribution is -0.142. The highest BCUT2D eigenvalue weighted by molar-refractivity contribution is 9.10. The number of aliphatic hydroxyl groups excluding tert-OH is 1. The highest BCUT2D eigenvalue weighted by Crippen LogP contribution is 2.32. The van der Waals surface area contributed by atoms with Crippen molar-refractivity contribution in [2.45, 2.75) is 6.42 Å². The van der Waals surface area contributed by atoms with E-state index in [9.17, 15) is 14.7 Å². The van der Waals surface area contributed by atoms with Gasteiger partial charge in [0.2, 0.25) is 0 Å². The zero-order valence-electron chi connectivity index (χ0n) is 16.0. The van der Waals surface area contributed by atoms with E-state index in [0.29, 0.717) is 22.7 Å². The van der Waals surface area contributed by atoms with Crippen LogP contribution < -0.4 is 9.47 Å². The molecular weight excluding hydrogens is 444 g/mol. The van der Waals surface area contributed by atoms with Crippen LogP contribution in [0.2, 0.25) is 0 Å². The first-order valence-corrected chi connectivity index (χ1v) is 9.11. The Kier molecular flexibility index (Phi) is 7.90. The molecule has 9 heteroatoms. The van der Waals surface area contributed by atoms with E-state index in [1.165, 1.54) is 14.2 Å².